The van der Waals surface area contributed by atoms with Crippen molar-refractivity contribution in [2.24, 2.45) is 5.92 Å². The SMILES string of the molecule is CC(C)n1c(CN2CCC[C@H](C(=O)N3CCN(c4ccc(F)cc4)CC3)C2)nc2ccccc21. The van der Waals surface area contributed by atoms with E-state index < -0.39 is 0 Å². The van der Waals surface area contributed by atoms with E-state index in [0.29, 0.717) is 6.04 Å². The minimum absolute atomic E-state index is 0.0444. The van der Waals surface area contributed by atoms with Crippen LogP contribution in [-0.2, 0) is 11.3 Å². The van der Waals surface area contributed by atoms with Gasteiger partial charge >= 0.3 is 0 Å². The Balaban J connectivity index is 1.21. The number of likely N-dealkylation sites (tertiary alicyclic amines) is 1. The first-order valence-electron chi connectivity index (χ1n) is 12.5. The van der Waals surface area contributed by atoms with Crippen molar-refractivity contribution in [2.75, 3.05) is 44.2 Å². The number of benzene rings is 2. The lowest BCUT2D eigenvalue weighted by Gasteiger charge is -2.39. The summed E-state index contributed by atoms with van der Waals surface area (Å²) >= 11 is 0. The first-order chi connectivity index (χ1) is 16.5. The molecule has 2 aromatic carbocycles. The van der Waals surface area contributed by atoms with Crippen LogP contribution in [0.1, 0.15) is 38.6 Å². The topological polar surface area (TPSA) is 44.6 Å². The van der Waals surface area contributed by atoms with Crippen molar-refractivity contribution < 1.29 is 9.18 Å². The summed E-state index contributed by atoms with van der Waals surface area (Å²) in [6.07, 6.45) is 1.99. The van der Waals surface area contributed by atoms with E-state index in [0.717, 1.165) is 75.7 Å². The summed E-state index contributed by atoms with van der Waals surface area (Å²) in [7, 11) is 0. The van der Waals surface area contributed by atoms with Crippen molar-refractivity contribution in [3.63, 3.8) is 0 Å². The summed E-state index contributed by atoms with van der Waals surface area (Å²) in [5.41, 5.74) is 3.23. The third-order valence-corrected chi connectivity index (χ3v) is 7.19. The summed E-state index contributed by atoms with van der Waals surface area (Å²) in [5, 5.41) is 0. The lowest BCUT2D eigenvalue weighted by atomic mass is 9.96. The predicted octanol–water partition coefficient (Wildman–Crippen LogP) is 4.32. The van der Waals surface area contributed by atoms with Crippen LogP contribution in [-0.4, -0.2) is 64.5 Å². The van der Waals surface area contributed by atoms with Crippen LogP contribution in [0.25, 0.3) is 11.0 Å². The maximum Gasteiger partial charge on any atom is 0.227 e. The highest BCUT2D eigenvalue weighted by molar-refractivity contribution is 5.79. The Morgan fingerprint density at radius 2 is 1.76 bits per heavy atom. The smallest absolute Gasteiger partial charge is 0.227 e. The summed E-state index contributed by atoms with van der Waals surface area (Å²) in [5.74, 6) is 1.18. The van der Waals surface area contributed by atoms with Gasteiger partial charge in [0.25, 0.3) is 0 Å². The van der Waals surface area contributed by atoms with Crippen LogP contribution in [0.15, 0.2) is 48.5 Å². The standard InChI is InChI=1S/C27H34FN5O/c1-20(2)33-25-8-4-3-7-24(25)29-26(33)19-30-13-5-6-21(18-30)27(34)32-16-14-31(15-17-32)23-11-9-22(28)10-12-23/h3-4,7-12,20-21H,5-6,13-19H2,1-2H3/t21-/m0/s1. The third kappa shape index (κ3) is 4.67. The molecular formula is C27H34FN5O. The Hall–Kier alpha value is -2.93. The molecule has 6 nitrogen and oxygen atoms in total. The number of imidazole rings is 1. The van der Waals surface area contributed by atoms with Crippen LogP contribution in [0.5, 0.6) is 0 Å². The monoisotopic (exact) mass is 463 g/mol. The largest absolute Gasteiger partial charge is 0.368 e. The minimum Gasteiger partial charge on any atom is -0.368 e. The zero-order chi connectivity index (χ0) is 23.7. The van der Waals surface area contributed by atoms with Crippen LogP contribution in [0.2, 0.25) is 0 Å². The number of piperidine rings is 1. The molecule has 2 aliphatic rings. The van der Waals surface area contributed by atoms with Crippen LogP contribution >= 0.6 is 0 Å². The molecule has 3 heterocycles. The Morgan fingerprint density at radius 3 is 2.50 bits per heavy atom. The quantitative estimate of drug-likeness (QED) is 0.565. The van der Waals surface area contributed by atoms with Crippen molar-refractivity contribution in [3.8, 4) is 0 Å². The van der Waals surface area contributed by atoms with Gasteiger partial charge in [0.15, 0.2) is 0 Å². The van der Waals surface area contributed by atoms with E-state index in [2.05, 4.69) is 46.4 Å². The molecule has 0 N–H and O–H groups in total. The molecule has 2 fully saturated rings. The number of carbonyl (C=O) groups is 1. The average Bonchev–Trinajstić information content (AvgIpc) is 3.22. The molecule has 1 amide bonds. The number of fused-ring (bicyclic) bond motifs is 1. The normalized spacial score (nSPS) is 19.8. The minimum atomic E-state index is -0.219. The fraction of sp³-hybridized carbons (Fsp3) is 0.481. The number of rotatable bonds is 5. The maximum absolute atomic E-state index is 13.4. The molecule has 1 aromatic heterocycles. The van der Waals surface area contributed by atoms with Crippen LogP contribution in [0, 0.1) is 11.7 Å². The molecule has 0 radical (unpaired) electrons. The van der Waals surface area contributed by atoms with Gasteiger partial charge in [0.2, 0.25) is 5.91 Å². The molecule has 3 aromatic rings. The number of halogens is 1. The molecule has 0 bridgehead atoms. The van der Waals surface area contributed by atoms with Gasteiger partial charge in [-0.15, -0.1) is 0 Å². The van der Waals surface area contributed by atoms with E-state index in [-0.39, 0.29) is 17.6 Å². The third-order valence-electron chi connectivity index (χ3n) is 7.19. The number of piperazine rings is 1. The number of anilines is 1. The van der Waals surface area contributed by atoms with Crippen molar-refractivity contribution in [1.82, 2.24) is 19.4 Å². The number of amides is 1. The van der Waals surface area contributed by atoms with E-state index in [1.807, 2.05) is 23.1 Å². The Morgan fingerprint density at radius 1 is 1.03 bits per heavy atom. The van der Waals surface area contributed by atoms with E-state index in [1.165, 1.54) is 17.6 Å². The second-order valence-corrected chi connectivity index (χ2v) is 9.84. The summed E-state index contributed by atoms with van der Waals surface area (Å²) in [6, 6.07) is 15.3. The van der Waals surface area contributed by atoms with Gasteiger partial charge in [-0.05, 0) is 69.6 Å². The Labute approximate surface area is 201 Å². The van der Waals surface area contributed by atoms with Crippen molar-refractivity contribution in [2.45, 2.75) is 39.3 Å². The molecule has 0 spiro atoms. The molecule has 0 aliphatic carbocycles. The van der Waals surface area contributed by atoms with Gasteiger partial charge in [-0.2, -0.15) is 0 Å². The fourth-order valence-electron chi connectivity index (χ4n) is 5.48. The highest BCUT2D eigenvalue weighted by Crippen LogP contribution is 2.26. The van der Waals surface area contributed by atoms with E-state index in [1.54, 1.807) is 0 Å². The van der Waals surface area contributed by atoms with Gasteiger partial charge in [0.1, 0.15) is 11.6 Å². The zero-order valence-corrected chi connectivity index (χ0v) is 20.2. The fourth-order valence-corrected chi connectivity index (χ4v) is 5.48. The van der Waals surface area contributed by atoms with Crippen LogP contribution in [0.3, 0.4) is 0 Å². The average molecular weight is 464 g/mol. The Kier molecular flexibility index (Phi) is 6.55. The number of hydrogen-bond acceptors (Lipinski definition) is 4. The molecule has 0 saturated carbocycles. The maximum atomic E-state index is 13.4. The second-order valence-electron chi connectivity index (χ2n) is 9.84. The first-order valence-corrected chi connectivity index (χ1v) is 12.5. The number of carbonyl (C=O) groups excluding carboxylic acids is 1. The predicted molar refractivity (Wildman–Crippen MR) is 133 cm³/mol. The Bertz CT molecular complexity index is 1130. The molecule has 180 valence electrons. The van der Waals surface area contributed by atoms with Crippen molar-refractivity contribution in [3.05, 3.63) is 60.2 Å². The first kappa shape index (κ1) is 22.8. The van der Waals surface area contributed by atoms with Gasteiger partial charge < -0.3 is 14.4 Å². The van der Waals surface area contributed by atoms with Crippen molar-refractivity contribution >= 4 is 22.6 Å². The van der Waals surface area contributed by atoms with Gasteiger partial charge in [-0.25, -0.2) is 9.37 Å². The number of hydrogen-bond donors (Lipinski definition) is 0. The molecular weight excluding hydrogens is 429 g/mol. The number of para-hydroxylation sites is 2. The molecule has 5 rings (SSSR count). The highest BCUT2D eigenvalue weighted by Gasteiger charge is 2.31. The molecule has 0 unspecified atom stereocenters. The zero-order valence-electron chi connectivity index (χ0n) is 20.2. The number of aromatic nitrogens is 2. The van der Waals surface area contributed by atoms with E-state index in [4.69, 9.17) is 4.98 Å². The molecule has 7 heteroatoms. The summed E-state index contributed by atoms with van der Waals surface area (Å²) in [4.78, 5) is 25.0. The lowest BCUT2D eigenvalue weighted by Crippen LogP contribution is -2.52. The summed E-state index contributed by atoms with van der Waals surface area (Å²) < 4.78 is 15.6. The molecule has 1 atom stereocenters. The highest BCUT2D eigenvalue weighted by atomic mass is 19.1. The van der Waals surface area contributed by atoms with Crippen LogP contribution < -0.4 is 4.90 Å². The van der Waals surface area contributed by atoms with Gasteiger partial charge in [-0.1, -0.05) is 12.1 Å². The lowest BCUT2D eigenvalue weighted by molar-refractivity contribution is -0.137. The van der Waals surface area contributed by atoms with Crippen molar-refractivity contribution in [1.29, 1.82) is 0 Å². The van der Waals surface area contributed by atoms with Gasteiger partial charge in [0.05, 0.1) is 23.5 Å². The molecule has 2 aliphatic heterocycles. The summed E-state index contributed by atoms with van der Waals surface area (Å²) in [6.45, 7) is 9.97. The molecule has 34 heavy (non-hydrogen) atoms. The second kappa shape index (κ2) is 9.74. The van der Waals surface area contributed by atoms with E-state index in [9.17, 15) is 9.18 Å². The van der Waals surface area contributed by atoms with E-state index >= 15 is 0 Å². The number of nitrogens with zero attached hydrogens (tertiary/aromatic N) is 5. The molecule has 2 saturated heterocycles. The van der Waals surface area contributed by atoms with Crippen LogP contribution in [0.4, 0.5) is 10.1 Å². The van der Waals surface area contributed by atoms with Gasteiger partial charge in [-0.3, -0.25) is 9.69 Å². The van der Waals surface area contributed by atoms with Gasteiger partial charge in [0, 0.05) is 44.5 Å².